The van der Waals surface area contributed by atoms with Crippen molar-refractivity contribution in [1.29, 1.82) is 0 Å². The summed E-state index contributed by atoms with van der Waals surface area (Å²) in [5, 5.41) is 3.84. The van der Waals surface area contributed by atoms with Gasteiger partial charge in [-0.1, -0.05) is 53.1 Å². The van der Waals surface area contributed by atoms with Gasteiger partial charge in [0.15, 0.2) is 7.26 Å². The Morgan fingerprint density at radius 1 is 0.533 bits per heavy atom. The van der Waals surface area contributed by atoms with Crippen LogP contribution in [0.4, 0.5) is 0 Å². The molecular formula is C28H25NP+. The monoisotopic (exact) mass is 406 g/mol. The molecule has 0 N–H and O–H groups in total. The first kappa shape index (κ1) is 20.1. The van der Waals surface area contributed by atoms with Gasteiger partial charge >= 0.3 is 0 Å². The van der Waals surface area contributed by atoms with Crippen LogP contribution in [0.5, 0.6) is 0 Å². The van der Waals surface area contributed by atoms with E-state index in [0.29, 0.717) is 0 Å². The van der Waals surface area contributed by atoms with E-state index >= 15 is 0 Å². The van der Waals surface area contributed by atoms with Gasteiger partial charge in [-0.05, 0) is 75.2 Å². The van der Waals surface area contributed by atoms with Gasteiger partial charge in [-0.2, -0.15) is 0 Å². The third-order valence-corrected chi connectivity index (χ3v) is 8.98. The highest BCUT2D eigenvalue weighted by molar-refractivity contribution is 7.99. The molecule has 1 heterocycles. The summed E-state index contributed by atoms with van der Waals surface area (Å²) in [6.07, 6.45) is 3.60. The Kier molecular flexibility index (Phi) is 5.80. The fourth-order valence-corrected chi connectivity index (χ4v) is 6.90. The average Bonchev–Trinajstić information content (AvgIpc) is 2.78. The Hall–Kier alpha value is -3.20. The van der Waals surface area contributed by atoms with Crippen molar-refractivity contribution in [2.45, 2.75) is 20.8 Å². The van der Waals surface area contributed by atoms with Crippen LogP contribution in [-0.4, -0.2) is 4.98 Å². The predicted molar refractivity (Wildman–Crippen MR) is 130 cm³/mol. The van der Waals surface area contributed by atoms with Crippen LogP contribution in [0.2, 0.25) is 0 Å². The fourth-order valence-electron chi connectivity index (χ4n) is 3.53. The molecule has 1 aromatic heterocycles. The molecule has 1 nitrogen and oxygen atoms in total. The number of pyridine rings is 1. The van der Waals surface area contributed by atoms with Crippen LogP contribution in [0.15, 0.2) is 97.3 Å². The minimum absolute atomic E-state index is 0.987. The van der Waals surface area contributed by atoms with Crippen LogP contribution in [0.3, 0.4) is 0 Å². The van der Waals surface area contributed by atoms with E-state index in [4.69, 9.17) is 0 Å². The van der Waals surface area contributed by atoms with Gasteiger partial charge in [0.2, 0.25) is 0 Å². The van der Waals surface area contributed by atoms with Crippen molar-refractivity contribution >= 4 is 23.2 Å². The summed E-state index contributed by atoms with van der Waals surface area (Å²) >= 11 is 0. The first-order valence-corrected chi connectivity index (χ1v) is 11.9. The highest BCUT2D eigenvalue weighted by Crippen LogP contribution is 2.54. The van der Waals surface area contributed by atoms with Crippen LogP contribution in [-0.2, 0) is 0 Å². The van der Waals surface area contributed by atoms with E-state index in [0.717, 1.165) is 5.56 Å². The molecule has 0 aliphatic heterocycles. The molecule has 0 aliphatic rings. The molecule has 0 saturated heterocycles. The number of hydrogen-bond acceptors (Lipinski definition) is 1. The Morgan fingerprint density at radius 2 is 0.900 bits per heavy atom. The molecular weight excluding hydrogens is 381 g/mol. The molecule has 0 radical (unpaired) electrons. The maximum absolute atomic E-state index is 4.13. The highest BCUT2D eigenvalue weighted by Gasteiger charge is 2.45. The van der Waals surface area contributed by atoms with Gasteiger partial charge in [0.1, 0.15) is 15.9 Å². The van der Waals surface area contributed by atoms with Crippen molar-refractivity contribution in [3.8, 4) is 11.6 Å². The summed E-state index contributed by atoms with van der Waals surface area (Å²) in [5.74, 6) is 3.48. The van der Waals surface area contributed by atoms with Gasteiger partial charge in [-0.25, -0.2) is 0 Å². The molecule has 4 rings (SSSR count). The Bertz CT molecular complexity index is 1070. The molecule has 0 unspecified atom stereocenters. The zero-order chi connectivity index (χ0) is 21.0. The number of hydrogen-bond donors (Lipinski definition) is 0. The molecule has 146 valence electrons. The molecule has 0 fully saturated rings. The van der Waals surface area contributed by atoms with Crippen molar-refractivity contribution in [2.75, 3.05) is 0 Å². The zero-order valence-electron chi connectivity index (χ0n) is 17.6. The minimum Gasteiger partial charge on any atom is -0.265 e. The van der Waals surface area contributed by atoms with Gasteiger partial charge in [-0.3, -0.25) is 4.98 Å². The fraction of sp³-hybridized carbons (Fsp3) is 0.107. The molecule has 4 aromatic rings. The first-order chi connectivity index (χ1) is 14.6. The lowest BCUT2D eigenvalue weighted by Crippen LogP contribution is -2.30. The standard InChI is InChI=1S/C28H25NP/c1-22-4-10-26(11-5-22)30(27-12-6-23(2)7-13-27,28-14-8-24(3)9-15-28)21-18-25-16-19-29-20-17-25/h4-17,19-20H,1-3H3/q+1. The molecule has 0 spiro atoms. The van der Waals surface area contributed by atoms with E-state index in [2.05, 4.69) is 110 Å². The second-order valence-electron chi connectivity index (χ2n) is 7.65. The van der Waals surface area contributed by atoms with Gasteiger partial charge < -0.3 is 0 Å². The topological polar surface area (TPSA) is 12.9 Å². The third kappa shape index (κ3) is 4.06. The number of benzene rings is 3. The molecule has 2 heteroatoms. The van der Waals surface area contributed by atoms with Crippen molar-refractivity contribution in [3.63, 3.8) is 0 Å². The number of rotatable bonds is 3. The Morgan fingerprint density at radius 3 is 1.27 bits per heavy atom. The minimum atomic E-state index is -2.16. The van der Waals surface area contributed by atoms with Gasteiger partial charge in [0, 0.05) is 18.0 Å². The van der Waals surface area contributed by atoms with Crippen LogP contribution >= 0.6 is 7.26 Å². The average molecular weight is 406 g/mol. The van der Waals surface area contributed by atoms with E-state index < -0.39 is 7.26 Å². The molecule has 0 bridgehead atoms. The molecule has 0 amide bonds. The smallest absolute Gasteiger partial charge is 0.189 e. The molecule has 0 saturated carbocycles. The SMILES string of the molecule is Cc1ccc([P+](C#Cc2ccncc2)(c2ccc(C)cc2)c2ccc(C)cc2)cc1. The van der Waals surface area contributed by atoms with Gasteiger partial charge in [0.05, 0.1) is 5.66 Å². The first-order valence-electron chi connectivity index (χ1n) is 10.1. The summed E-state index contributed by atoms with van der Waals surface area (Å²) in [4.78, 5) is 4.13. The zero-order valence-corrected chi connectivity index (χ0v) is 18.5. The summed E-state index contributed by atoms with van der Waals surface area (Å²) in [5.41, 5.74) is 8.55. The Balaban J connectivity index is 2.04. The van der Waals surface area contributed by atoms with Crippen LogP contribution < -0.4 is 15.9 Å². The summed E-state index contributed by atoms with van der Waals surface area (Å²) in [6.45, 7) is 6.39. The van der Waals surface area contributed by atoms with Crippen LogP contribution in [0.25, 0.3) is 0 Å². The molecule has 0 aliphatic carbocycles. The van der Waals surface area contributed by atoms with E-state index in [9.17, 15) is 0 Å². The van der Waals surface area contributed by atoms with E-state index in [1.54, 1.807) is 12.4 Å². The van der Waals surface area contributed by atoms with E-state index in [1.165, 1.54) is 32.6 Å². The lowest BCUT2D eigenvalue weighted by atomic mass is 10.2. The van der Waals surface area contributed by atoms with Gasteiger partial charge in [0.25, 0.3) is 0 Å². The van der Waals surface area contributed by atoms with Crippen LogP contribution in [0, 0.1) is 32.4 Å². The Labute approximate surface area is 180 Å². The van der Waals surface area contributed by atoms with Crippen molar-refractivity contribution < 1.29 is 0 Å². The maximum Gasteiger partial charge on any atom is 0.189 e. The summed E-state index contributed by atoms with van der Waals surface area (Å²) < 4.78 is 0. The quantitative estimate of drug-likeness (QED) is 0.332. The van der Waals surface area contributed by atoms with Crippen molar-refractivity contribution in [1.82, 2.24) is 4.98 Å². The third-order valence-electron chi connectivity index (χ3n) is 5.31. The predicted octanol–water partition coefficient (Wildman–Crippen LogP) is 5.31. The normalized spacial score (nSPS) is 10.9. The maximum atomic E-state index is 4.13. The molecule has 0 atom stereocenters. The van der Waals surface area contributed by atoms with E-state index in [-0.39, 0.29) is 0 Å². The van der Waals surface area contributed by atoms with E-state index in [1.807, 2.05) is 12.1 Å². The largest absolute Gasteiger partial charge is 0.265 e. The highest BCUT2D eigenvalue weighted by atomic mass is 31.2. The van der Waals surface area contributed by atoms with Gasteiger partial charge in [-0.15, -0.1) is 0 Å². The number of nitrogens with zero attached hydrogens (tertiary/aromatic N) is 1. The molecule has 30 heavy (non-hydrogen) atoms. The summed E-state index contributed by atoms with van der Waals surface area (Å²) in [6, 6.07) is 30.6. The lowest BCUT2D eigenvalue weighted by molar-refractivity contribution is 1.32. The van der Waals surface area contributed by atoms with Crippen LogP contribution in [0.1, 0.15) is 22.3 Å². The molecule has 3 aromatic carbocycles. The second kappa shape index (κ2) is 8.66. The summed E-state index contributed by atoms with van der Waals surface area (Å²) in [7, 11) is -2.16. The lowest BCUT2D eigenvalue weighted by Gasteiger charge is -2.21. The van der Waals surface area contributed by atoms with Crippen molar-refractivity contribution in [2.24, 2.45) is 0 Å². The second-order valence-corrected chi connectivity index (χ2v) is 10.8. The number of aromatic nitrogens is 1. The number of aryl methyl sites for hydroxylation is 3. The van der Waals surface area contributed by atoms with Crippen molar-refractivity contribution in [3.05, 3.63) is 120 Å².